The third-order valence-electron chi connectivity index (χ3n) is 3.26. The fraction of sp³-hybridized carbons (Fsp3) is 0.133. The van der Waals surface area contributed by atoms with Gasteiger partial charge in [-0.05, 0) is 30.3 Å². The van der Waals surface area contributed by atoms with Gasteiger partial charge in [-0.2, -0.15) is 0 Å². The number of ether oxygens (including phenoxy) is 1. The Morgan fingerprint density at radius 3 is 2.90 bits per heavy atom. The average molecular weight is 307 g/mol. The molecule has 0 aliphatic carbocycles. The van der Waals surface area contributed by atoms with Crippen molar-refractivity contribution in [2.45, 2.75) is 6.54 Å². The molecule has 0 unspecified atom stereocenters. The van der Waals surface area contributed by atoms with Crippen molar-refractivity contribution in [3.63, 3.8) is 0 Å². The van der Waals surface area contributed by atoms with E-state index in [1.807, 2.05) is 0 Å². The van der Waals surface area contributed by atoms with E-state index in [1.165, 1.54) is 23.1 Å². The smallest absolute Gasteiger partial charge is 0.265 e. The highest BCUT2D eigenvalue weighted by atomic mass is 35.5. The second-order valence-electron chi connectivity index (χ2n) is 4.73. The Morgan fingerprint density at radius 1 is 1.29 bits per heavy atom. The van der Waals surface area contributed by atoms with E-state index in [9.17, 15) is 9.18 Å². The van der Waals surface area contributed by atoms with Crippen LogP contribution in [0, 0.1) is 5.82 Å². The molecule has 108 valence electrons. The van der Waals surface area contributed by atoms with Crippen LogP contribution in [-0.2, 0) is 11.3 Å². The Bertz CT molecular complexity index is 721. The Labute approximate surface area is 125 Å². The second kappa shape index (κ2) is 5.26. The molecule has 3 rings (SSSR count). The van der Waals surface area contributed by atoms with E-state index in [4.69, 9.17) is 22.1 Å². The summed E-state index contributed by atoms with van der Waals surface area (Å²) in [6.45, 7) is -0.00978. The first kappa shape index (κ1) is 13.7. The summed E-state index contributed by atoms with van der Waals surface area (Å²) in [5.41, 5.74) is 7.15. The first-order valence-corrected chi connectivity index (χ1v) is 6.69. The minimum Gasteiger partial charge on any atom is -0.481 e. The Kier molecular flexibility index (Phi) is 3.43. The van der Waals surface area contributed by atoms with Gasteiger partial charge in [0.25, 0.3) is 5.91 Å². The van der Waals surface area contributed by atoms with Gasteiger partial charge in [0.1, 0.15) is 11.6 Å². The number of nitrogens with zero attached hydrogens (tertiary/aromatic N) is 1. The lowest BCUT2D eigenvalue weighted by Gasteiger charge is -2.29. The molecule has 1 heterocycles. The molecular weight excluding hydrogens is 295 g/mol. The van der Waals surface area contributed by atoms with Crippen LogP contribution in [0.25, 0.3) is 0 Å². The molecule has 0 saturated carbocycles. The summed E-state index contributed by atoms with van der Waals surface area (Å²) in [7, 11) is 0. The third-order valence-corrected chi connectivity index (χ3v) is 3.50. The van der Waals surface area contributed by atoms with E-state index in [0.29, 0.717) is 27.7 Å². The number of nitrogens with two attached hydrogens (primary N) is 1. The molecule has 2 aromatic carbocycles. The first-order chi connectivity index (χ1) is 10.0. The SMILES string of the molecule is Nc1ccc2c(c1)OCC(=O)N2Cc1cc(Cl)ccc1F. The highest BCUT2D eigenvalue weighted by Crippen LogP contribution is 2.35. The summed E-state index contributed by atoms with van der Waals surface area (Å²) < 4.78 is 19.2. The van der Waals surface area contributed by atoms with Crippen LogP contribution in [0.3, 0.4) is 0 Å². The lowest BCUT2D eigenvalue weighted by molar-refractivity contribution is -0.121. The number of amides is 1. The zero-order chi connectivity index (χ0) is 15.0. The molecule has 1 aliphatic rings. The Hall–Kier alpha value is -2.27. The van der Waals surface area contributed by atoms with Crippen molar-refractivity contribution in [3.8, 4) is 5.75 Å². The minimum absolute atomic E-state index is 0.0888. The predicted octanol–water partition coefficient (Wildman–Crippen LogP) is 2.99. The van der Waals surface area contributed by atoms with Gasteiger partial charge in [0.05, 0.1) is 12.2 Å². The van der Waals surface area contributed by atoms with E-state index in [0.717, 1.165) is 0 Å². The van der Waals surface area contributed by atoms with Crippen LogP contribution in [0.2, 0.25) is 5.02 Å². The molecule has 0 spiro atoms. The molecule has 0 bridgehead atoms. The van der Waals surface area contributed by atoms with Crippen molar-refractivity contribution in [2.75, 3.05) is 17.2 Å². The molecule has 0 aromatic heterocycles. The van der Waals surface area contributed by atoms with Gasteiger partial charge < -0.3 is 15.4 Å². The normalized spacial score (nSPS) is 13.8. The van der Waals surface area contributed by atoms with Gasteiger partial charge in [0.2, 0.25) is 0 Å². The zero-order valence-corrected chi connectivity index (χ0v) is 11.7. The van der Waals surface area contributed by atoms with Gasteiger partial charge >= 0.3 is 0 Å². The number of carbonyl (C=O) groups excluding carboxylic acids is 1. The van der Waals surface area contributed by atoms with Gasteiger partial charge in [-0.15, -0.1) is 0 Å². The maximum absolute atomic E-state index is 13.8. The lowest BCUT2D eigenvalue weighted by atomic mass is 10.1. The van der Waals surface area contributed by atoms with Crippen molar-refractivity contribution >= 4 is 28.9 Å². The summed E-state index contributed by atoms with van der Waals surface area (Å²) in [6.07, 6.45) is 0. The number of anilines is 2. The topological polar surface area (TPSA) is 55.6 Å². The summed E-state index contributed by atoms with van der Waals surface area (Å²) >= 11 is 5.88. The van der Waals surface area contributed by atoms with Crippen LogP contribution in [0.5, 0.6) is 5.75 Å². The number of rotatable bonds is 2. The van der Waals surface area contributed by atoms with Gasteiger partial charge in [0, 0.05) is 22.3 Å². The zero-order valence-electron chi connectivity index (χ0n) is 11.0. The molecule has 1 aliphatic heterocycles. The molecule has 21 heavy (non-hydrogen) atoms. The molecule has 2 N–H and O–H groups in total. The third kappa shape index (κ3) is 2.64. The molecular formula is C15H12ClFN2O2. The maximum Gasteiger partial charge on any atom is 0.265 e. The van der Waals surface area contributed by atoms with Gasteiger partial charge in [-0.25, -0.2) is 4.39 Å². The summed E-state index contributed by atoms with van der Waals surface area (Å²) in [5.74, 6) is -0.139. The number of halogens is 2. The second-order valence-corrected chi connectivity index (χ2v) is 5.17. The largest absolute Gasteiger partial charge is 0.481 e. The molecule has 1 amide bonds. The fourth-order valence-corrected chi connectivity index (χ4v) is 2.42. The van der Waals surface area contributed by atoms with Crippen LogP contribution >= 0.6 is 11.6 Å². The van der Waals surface area contributed by atoms with Crippen molar-refractivity contribution in [2.24, 2.45) is 0 Å². The van der Waals surface area contributed by atoms with Crippen molar-refractivity contribution < 1.29 is 13.9 Å². The Morgan fingerprint density at radius 2 is 2.10 bits per heavy atom. The number of carbonyl (C=O) groups is 1. The molecule has 4 nitrogen and oxygen atoms in total. The van der Waals surface area contributed by atoms with Crippen LogP contribution in [-0.4, -0.2) is 12.5 Å². The van der Waals surface area contributed by atoms with E-state index in [-0.39, 0.29) is 19.1 Å². The fourth-order valence-electron chi connectivity index (χ4n) is 2.23. The molecule has 0 atom stereocenters. The van der Waals surface area contributed by atoms with Crippen LogP contribution in [0.1, 0.15) is 5.56 Å². The van der Waals surface area contributed by atoms with Crippen molar-refractivity contribution in [1.82, 2.24) is 0 Å². The van der Waals surface area contributed by atoms with Gasteiger partial charge in [-0.3, -0.25) is 4.79 Å². The molecule has 2 aromatic rings. The number of fused-ring (bicyclic) bond motifs is 1. The van der Waals surface area contributed by atoms with E-state index in [2.05, 4.69) is 0 Å². The highest BCUT2D eigenvalue weighted by molar-refractivity contribution is 6.30. The van der Waals surface area contributed by atoms with E-state index < -0.39 is 5.82 Å². The van der Waals surface area contributed by atoms with Crippen LogP contribution in [0.15, 0.2) is 36.4 Å². The van der Waals surface area contributed by atoms with E-state index in [1.54, 1.807) is 18.2 Å². The summed E-state index contributed by atoms with van der Waals surface area (Å²) in [4.78, 5) is 13.5. The lowest BCUT2D eigenvalue weighted by Crippen LogP contribution is -2.38. The first-order valence-electron chi connectivity index (χ1n) is 6.31. The summed E-state index contributed by atoms with van der Waals surface area (Å²) in [5, 5.41) is 0.421. The predicted molar refractivity (Wildman–Crippen MR) is 78.9 cm³/mol. The number of hydrogen-bond acceptors (Lipinski definition) is 3. The molecule has 6 heteroatoms. The van der Waals surface area contributed by atoms with Crippen LogP contribution in [0.4, 0.5) is 15.8 Å². The molecule has 0 fully saturated rings. The van der Waals surface area contributed by atoms with Crippen molar-refractivity contribution in [3.05, 3.63) is 52.8 Å². The quantitative estimate of drug-likeness (QED) is 0.868. The number of nitrogen functional groups attached to an aromatic ring is 1. The standard InChI is InChI=1S/C15H12ClFN2O2/c16-10-1-3-12(17)9(5-10)7-19-13-4-2-11(18)6-14(13)21-8-15(19)20/h1-6H,7-8,18H2. The highest BCUT2D eigenvalue weighted by Gasteiger charge is 2.26. The molecule has 0 saturated heterocycles. The van der Waals surface area contributed by atoms with Crippen molar-refractivity contribution in [1.29, 1.82) is 0 Å². The number of hydrogen-bond donors (Lipinski definition) is 1. The monoisotopic (exact) mass is 306 g/mol. The minimum atomic E-state index is -0.407. The molecule has 0 radical (unpaired) electrons. The van der Waals surface area contributed by atoms with E-state index >= 15 is 0 Å². The van der Waals surface area contributed by atoms with Gasteiger partial charge in [-0.1, -0.05) is 11.6 Å². The van der Waals surface area contributed by atoms with Crippen LogP contribution < -0.4 is 15.4 Å². The van der Waals surface area contributed by atoms with Gasteiger partial charge in [0.15, 0.2) is 6.61 Å². The Balaban J connectivity index is 1.98. The summed E-state index contributed by atoms with van der Waals surface area (Å²) in [6, 6.07) is 9.26. The average Bonchev–Trinajstić information content (AvgIpc) is 2.45. The number of benzene rings is 2. The maximum atomic E-state index is 13.8.